The van der Waals surface area contributed by atoms with E-state index in [1.165, 1.54) is 18.2 Å². The first-order valence-electron chi connectivity index (χ1n) is 6.19. The molecule has 0 fully saturated rings. The summed E-state index contributed by atoms with van der Waals surface area (Å²) in [5, 5.41) is 2.90. The van der Waals surface area contributed by atoms with Crippen molar-refractivity contribution in [3.63, 3.8) is 0 Å². The monoisotopic (exact) mass is 331 g/mol. The van der Waals surface area contributed by atoms with Crippen molar-refractivity contribution in [3.8, 4) is 5.75 Å². The Labute approximate surface area is 121 Å². The van der Waals surface area contributed by atoms with Gasteiger partial charge in [-0.05, 0) is 61.3 Å². The zero-order valence-corrected chi connectivity index (χ0v) is 13.2. The fraction of sp³-hybridized carbons (Fsp3) is 0.500. The Kier molecular flexibility index (Phi) is 5.35. The topological polar surface area (TPSA) is 38.3 Å². The molecule has 0 bridgehead atoms. The Bertz CT molecular complexity index is 463. The average molecular weight is 332 g/mol. The Hall–Kier alpha value is -1.10. The van der Waals surface area contributed by atoms with Crippen LogP contribution in [0.15, 0.2) is 22.7 Å². The van der Waals surface area contributed by atoms with Gasteiger partial charge in [0.1, 0.15) is 11.6 Å². The number of carbonyl (C=O) groups is 1. The second-order valence-corrected chi connectivity index (χ2v) is 5.92. The van der Waals surface area contributed by atoms with Crippen molar-refractivity contribution in [3.05, 3.63) is 28.5 Å². The predicted octanol–water partition coefficient (Wildman–Crippen LogP) is 3.66. The van der Waals surface area contributed by atoms with E-state index < -0.39 is 6.10 Å². The highest BCUT2D eigenvalue weighted by Crippen LogP contribution is 2.22. The third-order valence-electron chi connectivity index (χ3n) is 2.92. The number of hydrogen-bond donors (Lipinski definition) is 1. The molecule has 106 valence electrons. The number of hydrogen-bond acceptors (Lipinski definition) is 2. The molecule has 1 rings (SSSR count). The molecule has 1 unspecified atom stereocenters. The molecular formula is C14H19BrFNO2. The van der Waals surface area contributed by atoms with E-state index in [1.807, 2.05) is 20.8 Å². The number of ether oxygens (including phenoxy) is 1. The molecule has 0 saturated heterocycles. The zero-order valence-electron chi connectivity index (χ0n) is 11.6. The van der Waals surface area contributed by atoms with Crippen LogP contribution in [-0.4, -0.2) is 17.6 Å². The minimum absolute atomic E-state index is 0.188. The molecule has 0 aliphatic carbocycles. The van der Waals surface area contributed by atoms with Gasteiger partial charge >= 0.3 is 0 Å². The normalized spacial score (nSPS) is 12.9. The fourth-order valence-corrected chi connectivity index (χ4v) is 1.69. The predicted molar refractivity (Wildman–Crippen MR) is 76.7 cm³/mol. The van der Waals surface area contributed by atoms with Gasteiger partial charge in [-0.25, -0.2) is 4.39 Å². The van der Waals surface area contributed by atoms with E-state index in [0.29, 0.717) is 10.2 Å². The van der Waals surface area contributed by atoms with Gasteiger partial charge in [-0.1, -0.05) is 6.92 Å². The molecule has 1 aromatic carbocycles. The van der Waals surface area contributed by atoms with Gasteiger partial charge in [0.25, 0.3) is 5.91 Å². The van der Waals surface area contributed by atoms with Gasteiger partial charge in [-0.15, -0.1) is 0 Å². The van der Waals surface area contributed by atoms with Crippen molar-refractivity contribution < 1.29 is 13.9 Å². The first-order chi connectivity index (χ1) is 8.75. The van der Waals surface area contributed by atoms with Gasteiger partial charge in [0.2, 0.25) is 0 Å². The molecule has 0 radical (unpaired) electrons. The van der Waals surface area contributed by atoms with Gasteiger partial charge in [0.15, 0.2) is 6.10 Å². The smallest absolute Gasteiger partial charge is 0.261 e. The molecule has 0 aliphatic heterocycles. The van der Waals surface area contributed by atoms with E-state index in [2.05, 4.69) is 21.2 Å². The summed E-state index contributed by atoms with van der Waals surface area (Å²) in [4.78, 5) is 12.0. The summed E-state index contributed by atoms with van der Waals surface area (Å²) in [6.45, 7) is 7.57. The molecule has 0 aromatic heterocycles. The molecule has 0 heterocycles. The number of rotatable bonds is 5. The molecule has 3 nitrogen and oxygen atoms in total. The highest BCUT2D eigenvalue weighted by atomic mass is 79.9. The lowest BCUT2D eigenvalue weighted by Gasteiger charge is -2.26. The van der Waals surface area contributed by atoms with Gasteiger partial charge < -0.3 is 10.1 Å². The lowest BCUT2D eigenvalue weighted by molar-refractivity contribution is -0.128. The van der Waals surface area contributed by atoms with Crippen LogP contribution in [0.4, 0.5) is 4.39 Å². The van der Waals surface area contributed by atoms with E-state index in [9.17, 15) is 9.18 Å². The van der Waals surface area contributed by atoms with Crippen LogP contribution >= 0.6 is 15.9 Å². The van der Waals surface area contributed by atoms with E-state index in [-0.39, 0.29) is 17.3 Å². The summed E-state index contributed by atoms with van der Waals surface area (Å²) < 4.78 is 18.9. The van der Waals surface area contributed by atoms with Gasteiger partial charge in [0.05, 0.1) is 4.47 Å². The summed E-state index contributed by atoms with van der Waals surface area (Å²) in [5.74, 6) is -0.103. The SMILES string of the molecule is CCC(C)(C)NC(=O)C(C)Oc1ccc(F)c(Br)c1. The largest absolute Gasteiger partial charge is 0.481 e. The standard InChI is InChI=1S/C14H19BrFNO2/c1-5-14(3,4)17-13(18)9(2)19-10-6-7-12(16)11(15)8-10/h6-9H,5H2,1-4H3,(H,17,18). The quantitative estimate of drug-likeness (QED) is 0.894. The van der Waals surface area contributed by atoms with Crippen LogP contribution in [0.1, 0.15) is 34.1 Å². The van der Waals surface area contributed by atoms with E-state index >= 15 is 0 Å². The van der Waals surface area contributed by atoms with Crippen molar-refractivity contribution in [1.29, 1.82) is 0 Å². The maximum Gasteiger partial charge on any atom is 0.261 e. The summed E-state index contributed by atoms with van der Waals surface area (Å²) in [7, 11) is 0. The van der Waals surface area contributed by atoms with E-state index in [0.717, 1.165) is 6.42 Å². The summed E-state index contributed by atoms with van der Waals surface area (Å²) >= 11 is 3.08. The van der Waals surface area contributed by atoms with Crippen LogP contribution in [-0.2, 0) is 4.79 Å². The maximum atomic E-state index is 13.1. The molecule has 0 aliphatic rings. The molecule has 0 saturated carbocycles. The van der Waals surface area contributed by atoms with Crippen molar-refractivity contribution in [2.45, 2.75) is 45.8 Å². The maximum absolute atomic E-state index is 13.1. The average Bonchev–Trinajstić information content (AvgIpc) is 2.33. The lowest BCUT2D eigenvalue weighted by atomic mass is 10.0. The molecule has 19 heavy (non-hydrogen) atoms. The lowest BCUT2D eigenvalue weighted by Crippen LogP contribution is -2.48. The van der Waals surface area contributed by atoms with E-state index in [1.54, 1.807) is 6.92 Å². The third kappa shape index (κ3) is 4.82. The van der Waals surface area contributed by atoms with Gasteiger partial charge in [-0.2, -0.15) is 0 Å². The van der Waals surface area contributed by atoms with Crippen molar-refractivity contribution in [2.75, 3.05) is 0 Å². The Morgan fingerprint density at radius 3 is 2.68 bits per heavy atom. The number of amides is 1. The highest BCUT2D eigenvalue weighted by Gasteiger charge is 2.22. The van der Waals surface area contributed by atoms with Crippen molar-refractivity contribution in [1.82, 2.24) is 5.32 Å². The fourth-order valence-electron chi connectivity index (χ4n) is 1.33. The van der Waals surface area contributed by atoms with Gasteiger partial charge in [-0.3, -0.25) is 4.79 Å². The Morgan fingerprint density at radius 2 is 2.16 bits per heavy atom. The summed E-state index contributed by atoms with van der Waals surface area (Å²) in [5.41, 5.74) is -0.266. The van der Waals surface area contributed by atoms with Crippen LogP contribution in [0.25, 0.3) is 0 Å². The highest BCUT2D eigenvalue weighted by molar-refractivity contribution is 9.10. The number of benzene rings is 1. The van der Waals surface area contributed by atoms with Crippen molar-refractivity contribution >= 4 is 21.8 Å². The summed E-state index contributed by atoms with van der Waals surface area (Å²) in [6, 6.07) is 4.29. The Balaban J connectivity index is 2.66. The first-order valence-corrected chi connectivity index (χ1v) is 6.98. The second kappa shape index (κ2) is 6.37. The molecule has 1 amide bonds. The molecule has 1 aromatic rings. The van der Waals surface area contributed by atoms with Gasteiger partial charge in [0, 0.05) is 5.54 Å². The molecule has 1 N–H and O–H groups in total. The molecule has 1 atom stereocenters. The molecular weight excluding hydrogens is 313 g/mol. The number of carbonyl (C=O) groups excluding carboxylic acids is 1. The minimum atomic E-state index is -0.636. The first kappa shape index (κ1) is 16.0. The Morgan fingerprint density at radius 1 is 1.53 bits per heavy atom. The van der Waals surface area contributed by atoms with Crippen LogP contribution in [0.2, 0.25) is 0 Å². The van der Waals surface area contributed by atoms with Crippen LogP contribution in [0.5, 0.6) is 5.75 Å². The van der Waals surface area contributed by atoms with Crippen LogP contribution in [0, 0.1) is 5.82 Å². The minimum Gasteiger partial charge on any atom is -0.481 e. The van der Waals surface area contributed by atoms with Crippen LogP contribution in [0.3, 0.4) is 0 Å². The van der Waals surface area contributed by atoms with E-state index in [4.69, 9.17) is 4.74 Å². The second-order valence-electron chi connectivity index (χ2n) is 5.06. The zero-order chi connectivity index (χ0) is 14.6. The number of halogens is 2. The van der Waals surface area contributed by atoms with Crippen LogP contribution < -0.4 is 10.1 Å². The molecule has 0 spiro atoms. The third-order valence-corrected chi connectivity index (χ3v) is 3.53. The molecule has 5 heteroatoms. The number of nitrogens with one attached hydrogen (secondary N) is 1. The summed E-state index contributed by atoms with van der Waals surface area (Å²) in [6.07, 6.45) is 0.191. The van der Waals surface area contributed by atoms with Crippen molar-refractivity contribution in [2.24, 2.45) is 0 Å².